The van der Waals surface area contributed by atoms with Crippen LogP contribution in [-0.2, 0) is 9.53 Å². The summed E-state index contributed by atoms with van der Waals surface area (Å²) in [4.78, 5) is 10.7. The second-order valence-electron chi connectivity index (χ2n) is 2.08. The van der Waals surface area contributed by atoms with Crippen LogP contribution in [0.3, 0.4) is 0 Å². The lowest BCUT2D eigenvalue weighted by Crippen LogP contribution is -2.44. The molecule has 0 aromatic rings. The van der Waals surface area contributed by atoms with Crippen molar-refractivity contribution in [3.63, 3.8) is 0 Å². The van der Waals surface area contributed by atoms with Crippen LogP contribution in [0, 0.1) is 0 Å². The predicted octanol–water partition coefficient (Wildman–Crippen LogP) is -0.0886. The van der Waals surface area contributed by atoms with Gasteiger partial charge in [-0.25, -0.2) is 0 Å². The first-order valence-electron chi connectivity index (χ1n) is 3.24. The number of cyclic esters (lactones) is 1. The first-order chi connectivity index (χ1) is 4.34. The molecule has 1 N–H and O–H groups in total. The zero-order valence-electron chi connectivity index (χ0n) is 5.52. The van der Waals surface area contributed by atoms with E-state index in [1.54, 1.807) is 0 Å². The van der Waals surface area contributed by atoms with Gasteiger partial charge in [-0.2, -0.15) is 0 Å². The maximum absolute atomic E-state index is 10.7. The highest BCUT2D eigenvalue weighted by Gasteiger charge is 2.20. The van der Waals surface area contributed by atoms with Crippen LogP contribution in [0.5, 0.6) is 0 Å². The SMILES string of the molecule is CCC1NCCOC1=O. The molecule has 3 nitrogen and oxygen atoms in total. The predicted molar refractivity (Wildman–Crippen MR) is 33.0 cm³/mol. The number of morpholine rings is 1. The molecular weight excluding hydrogens is 118 g/mol. The van der Waals surface area contributed by atoms with Crippen molar-refractivity contribution in [2.24, 2.45) is 0 Å². The zero-order valence-corrected chi connectivity index (χ0v) is 5.52. The lowest BCUT2D eigenvalue weighted by molar-refractivity contribution is -0.149. The van der Waals surface area contributed by atoms with Crippen molar-refractivity contribution in [3.8, 4) is 0 Å². The van der Waals surface area contributed by atoms with Crippen molar-refractivity contribution in [1.82, 2.24) is 5.32 Å². The van der Waals surface area contributed by atoms with E-state index in [2.05, 4.69) is 5.32 Å². The molecule has 1 aliphatic rings. The van der Waals surface area contributed by atoms with Crippen LogP contribution in [0.2, 0.25) is 0 Å². The average molecular weight is 129 g/mol. The molecule has 0 amide bonds. The maximum Gasteiger partial charge on any atom is 0.323 e. The van der Waals surface area contributed by atoms with Crippen molar-refractivity contribution >= 4 is 5.97 Å². The van der Waals surface area contributed by atoms with Crippen molar-refractivity contribution < 1.29 is 9.53 Å². The van der Waals surface area contributed by atoms with Gasteiger partial charge in [0.2, 0.25) is 0 Å². The molecule has 1 atom stereocenters. The van der Waals surface area contributed by atoms with Crippen LogP contribution in [0.15, 0.2) is 0 Å². The Morgan fingerprint density at radius 2 is 2.67 bits per heavy atom. The first kappa shape index (κ1) is 6.55. The van der Waals surface area contributed by atoms with E-state index in [0.29, 0.717) is 6.61 Å². The monoisotopic (exact) mass is 129 g/mol. The third-order valence-corrected chi connectivity index (χ3v) is 1.43. The van der Waals surface area contributed by atoms with Gasteiger partial charge in [-0.15, -0.1) is 0 Å². The lowest BCUT2D eigenvalue weighted by atomic mass is 10.2. The number of hydrogen-bond acceptors (Lipinski definition) is 3. The largest absolute Gasteiger partial charge is 0.463 e. The third kappa shape index (κ3) is 1.42. The van der Waals surface area contributed by atoms with Crippen LogP contribution in [0.1, 0.15) is 13.3 Å². The molecular formula is C6H11NO2. The van der Waals surface area contributed by atoms with Gasteiger partial charge in [-0.1, -0.05) is 6.92 Å². The average Bonchev–Trinajstić information content (AvgIpc) is 1.89. The minimum Gasteiger partial charge on any atom is -0.463 e. The number of carbonyl (C=O) groups is 1. The van der Waals surface area contributed by atoms with E-state index < -0.39 is 0 Å². The van der Waals surface area contributed by atoms with Crippen molar-refractivity contribution in [2.75, 3.05) is 13.2 Å². The van der Waals surface area contributed by atoms with Crippen LogP contribution >= 0.6 is 0 Å². The van der Waals surface area contributed by atoms with E-state index in [1.807, 2.05) is 6.92 Å². The highest BCUT2D eigenvalue weighted by atomic mass is 16.5. The highest BCUT2D eigenvalue weighted by Crippen LogP contribution is 1.98. The Bertz CT molecular complexity index is 114. The van der Waals surface area contributed by atoms with E-state index >= 15 is 0 Å². The summed E-state index contributed by atoms with van der Waals surface area (Å²) in [5, 5.41) is 3.04. The van der Waals surface area contributed by atoms with E-state index in [0.717, 1.165) is 13.0 Å². The topological polar surface area (TPSA) is 38.3 Å². The van der Waals surface area contributed by atoms with E-state index in [9.17, 15) is 4.79 Å². The molecule has 1 aliphatic heterocycles. The summed E-state index contributed by atoms with van der Waals surface area (Å²) in [6.07, 6.45) is 0.818. The summed E-state index contributed by atoms with van der Waals surface area (Å²) in [6.45, 7) is 3.28. The van der Waals surface area contributed by atoms with Gasteiger partial charge in [0.1, 0.15) is 12.6 Å². The Morgan fingerprint density at radius 1 is 1.89 bits per heavy atom. The Balaban J connectivity index is 2.39. The lowest BCUT2D eigenvalue weighted by Gasteiger charge is -2.20. The number of ether oxygens (including phenoxy) is 1. The van der Waals surface area contributed by atoms with Gasteiger partial charge in [0.05, 0.1) is 0 Å². The van der Waals surface area contributed by atoms with Crippen LogP contribution in [0.4, 0.5) is 0 Å². The van der Waals surface area contributed by atoms with Crippen molar-refractivity contribution in [1.29, 1.82) is 0 Å². The molecule has 3 heteroatoms. The fourth-order valence-electron chi connectivity index (χ4n) is 0.880. The smallest absolute Gasteiger partial charge is 0.323 e. The van der Waals surface area contributed by atoms with Gasteiger partial charge in [-0.3, -0.25) is 4.79 Å². The fraction of sp³-hybridized carbons (Fsp3) is 0.833. The van der Waals surface area contributed by atoms with Gasteiger partial charge in [-0.05, 0) is 6.42 Å². The Hall–Kier alpha value is -0.570. The van der Waals surface area contributed by atoms with E-state index in [-0.39, 0.29) is 12.0 Å². The fourth-order valence-corrected chi connectivity index (χ4v) is 0.880. The van der Waals surface area contributed by atoms with Crippen molar-refractivity contribution in [3.05, 3.63) is 0 Å². The van der Waals surface area contributed by atoms with Gasteiger partial charge in [0.15, 0.2) is 0 Å². The van der Waals surface area contributed by atoms with Crippen LogP contribution in [0.25, 0.3) is 0 Å². The first-order valence-corrected chi connectivity index (χ1v) is 3.24. The number of hydrogen-bond donors (Lipinski definition) is 1. The second-order valence-corrected chi connectivity index (χ2v) is 2.08. The summed E-state index contributed by atoms with van der Waals surface area (Å²) >= 11 is 0. The van der Waals surface area contributed by atoms with E-state index in [4.69, 9.17) is 4.74 Å². The van der Waals surface area contributed by atoms with Crippen LogP contribution < -0.4 is 5.32 Å². The standard InChI is InChI=1S/C6H11NO2/c1-2-5-6(8)9-4-3-7-5/h5,7H,2-4H2,1H3. The molecule has 1 heterocycles. The minimum atomic E-state index is -0.108. The van der Waals surface area contributed by atoms with Gasteiger partial charge in [0.25, 0.3) is 0 Å². The Labute approximate surface area is 54.4 Å². The molecule has 0 spiro atoms. The molecule has 0 aliphatic carbocycles. The van der Waals surface area contributed by atoms with E-state index in [1.165, 1.54) is 0 Å². The molecule has 1 unspecified atom stereocenters. The number of esters is 1. The molecule has 0 aromatic heterocycles. The molecule has 0 radical (unpaired) electrons. The van der Waals surface area contributed by atoms with Gasteiger partial charge >= 0.3 is 5.97 Å². The summed E-state index contributed by atoms with van der Waals surface area (Å²) in [7, 11) is 0. The van der Waals surface area contributed by atoms with Crippen molar-refractivity contribution in [2.45, 2.75) is 19.4 Å². The molecule has 9 heavy (non-hydrogen) atoms. The minimum absolute atomic E-state index is 0.0567. The zero-order chi connectivity index (χ0) is 6.69. The van der Waals surface area contributed by atoms with Crippen LogP contribution in [-0.4, -0.2) is 25.2 Å². The summed E-state index contributed by atoms with van der Waals surface area (Å²) in [5.74, 6) is -0.108. The summed E-state index contributed by atoms with van der Waals surface area (Å²) < 4.78 is 4.78. The molecule has 52 valence electrons. The molecule has 1 saturated heterocycles. The number of nitrogens with one attached hydrogen (secondary N) is 1. The normalized spacial score (nSPS) is 27.7. The third-order valence-electron chi connectivity index (χ3n) is 1.43. The number of rotatable bonds is 1. The molecule has 0 aromatic carbocycles. The van der Waals surface area contributed by atoms with Gasteiger partial charge in [0, 0.05) is 6.54 Å². The Morgan fingerprint density at radius 3 is 3.11 bits per heavy atom. The molecule has 1 rings (SSSR count). The van der Waals surface area contributed by atoms with Gasteiger partial charge < -0.3 is 10.1 Å². The number of carbonyl (C=O) groups excluding carboxylic acids is 1. The summed E-state index contributed by atoms with van der Waals surface area (Å²) in [6, 6.07) is -0.0567. The Kier molecular flexibility index (Phi) is 2.05. The molecule has 0 bridgehead atoms. The quantitative estimate of drug-likeness (QED) is 0.503. The summed E-state index contributed by atoms with van der Waals surface area (Å²) in [5.41, 5.74) is 0. The second kappa shape index (κ2) is 2.82. The maximum atomic E-state index is 10.7. The molecule has 0 saturated carbocycles. The highest BCUT2D eigenvalue weighted by molar-refractivity contribution is 5.76. The molecule has 1 fully saturated rings.